The fourth-order valence-corrected chi connectivity index (χ4v) is 0. The van der Waals surface area contributed by atoms with Crippen molar-refractivity contribution in [2.24, 2.45) is 0 Å². The molecule has 0 aromatic carbocycles. The summed E-state index contributed by atoms with van der Waals surface area (Å²) >= 11 is 0. The van der Waals surface area contributed by atoms with Crippen molar-refractivity contribution in [3.8, 4) is 0 Å². The van der Waals surface area contributed by atoms with E-state index in [-0.39, 0.29) is 87.8 Å². The third kappa shape index (κ3) is 20.3. The van der Waals surface area contributed by atoms with E-state index in [1.165, 1.54) is 0 Å². The maximum Gasteiger partial charge on any atom is 0 e. The fourth-order valence-electron chi connectivity index (χ4n) is 0. The molecule has 0 heterocycles. The summed E-state index contributed by atoms with van der Waals surface area (Å²) in [4.78, 5) is 0. The van der Waals surface area contributed by atoms with Gasteiger partial charge in [-0.15, -0.1) is 0 Å². The Labute approximate surface area is 86.6 Å². The summed E-state index contributed by atoms with van der Waals surface area (Å²) in [5.74, 6) is 0. The summed E-state index contributed by atoms with van der Waals surface area (Å²) in [7, 11) is 0. The SMILES string of the molecule is [Cu].[Fe].[Mn].[Se].[Zn]. The summed E-state index contributed by atoms with van der Waals surface area (Å²) in [5, 5.41) is 0. The zero-order chi connectivity index (χ0) is 0. The van der Waals surface area contributed by atoms with Gasteiger partial charge in [0.15, 0.2) is 0 Å². The molecular weight excluding hydrogens is 319 g/mol. The Morgan fingerprint density at radius 3 is 1.00 bits per heavy atom. The molecule has 34 valence electrons. The van der Waals surface area contributed by atoms with E-state index < -0.39 is 0 Å². The van der Waals surface area contributed by atoms with Gasteiger partial charge in [0.25, 0.3) is 0 Å². The monoisotopic (exact) mass is 318 g/mol. The zero-order valence-electron chi connectivity index (χ0n) is 2.15. The minimum Gasteiger partial charge on any atom is 0 e. The van der Waals surface area contributed by atoms with Crippen molar-refractivity contribution in [1.82, 2.24) is 0 Å². The Morgan fingerprint density at radius 1 is 1.00 bits per heavy atom. The second kappa shape index (κ2) is 29.9. The number of rotatable bonds is 0. The van der Waals surface area contributed by atoms with Crippen LogP contribution in [0.25, 0.3) is 0 Å². The molecule has 0 rings (SSSR count). The summed E-state index contributed by atoms with van der Waals surface area (Å²) in [5.41, 5.74) is 0. The third-order valence-corrected chi connectivity index (χ3v) is 0. The van der Waals surface area contributed by atoms with E-state index >= 15 is 0 Å². The summed E-state index contributed by atoms with van der Waals surface area (Å²) in [6.45, 7) is 0. The van der Waals surface area contributed by atoms with E-state index in [2.05, 4.69) is 0 Å². The van der Waals surface area contributed by atoms with E-state index in [0.29, 0.717) is 0 Å². The van der Waals surface area contributed by atoms with Crippen molar-refractivity contribution in [2.45, 2.75) is 0 Å². The average Bonchev–Trinajstić information content (AvgIpc) is 0. The van der Waals surface area contributed by atoms with Crippen LogP contribution in [-0.2, 0) is 70.7 Å². The molecule has 5 heavy (non-hydrogen) atoms. The second-order valence-corrected chi connectivity index (χ2v) is 0. The van der Waals surface area contributed by atoms with Gasteiger partial charge in [-0.05, 0) is 0 Å². The standard InChI is InChI=1S/Cu.Fe.Mn.Se.Zn. The first kappa shape index (κ1) is 47.4. The van der Waals surface area contributed by atoms with Crippen molar-refractivity contribution in [1.29, 1.82) is 0 Å². The van der Waals surface area contributed by atoms with Crippen molar-refractivity contribution in [2.75, 3.05) is 0 Å². The molecule has 0 fully saturated rings. The van der Waals surface area contributed by atoms with Crippen LogP contribution in [0.2, 0.25) is 0 Å². The third-order valence-electron chi connectivity index (χ3n) is 0. The van der Waals surface area contributed by atoms with Crippen LogP contribution >= 0.6 is 0 Å². The maximum atomic E-state index is 0. The maximum absolute atomic E-state index is 0. The quantitative estimate of drug-likeness (QED) is 0.534. The first-order valence-corrected chi connectivity index (χ1v) is 0. The first-order valence-electron chi connectivity index (χ1n) is 0. The van der Waals surface area contributed by atoms with Crippen LogP contribution in [-0.4, -0.2) is 17.1 Å². The molecule has 0 spiro atoms. The predicted molar refractivity (Wildman–Crippen MR) is 5.75 cm³/mol. The largest absolute Gasteiger partial charge is 0 e. The Kier molecular flexibility index (Phi) is 283. The molecule has 4 radical (unpaired) electrons. The number of hydrogen-bond acceptors (Lipinski definition) is 0. The average molecular weight is 319 g/mol. The molecule has 0 aliphatic carbocycles. The molecule has 0 aliphatic rings. The topological polar surface area (TPSA) is 0 Å². The molecule has 0 amide bonds. The molecule has 0 aromatic rings. The van der Waals surface area contributed by atoms with Crippen molar-refractivity contribution in [3.05, 3.63) is 0 Å². The Bertz CT molecular complexity index is 11.6. The van der Waals surface area contributed by atoms with Crippen molar-refractivity contribution >= 4 is 17.1 Å². The van der Waals surface area contributed by atoms with Crippen LogP contribution < -0.4 is 0 Å². The summed E-state index contributed by atoms with van der Waals surface area (Å²) in [6.07, 6.45) is 0. The van der Waals surface area contributed by atoms with E-state index in [0.717, 1.165) is 0 Å². The minimum absolute atomic E-state index is 0. The van der Waals surface area contributed by atoms with E-state index in [4.69, 9.17) is 0 Å². The molecular formula is CuFeMnSeZn. The molecule has 0 atom stereocenters. The molecule has 0 aromatic heterocycles. The van der Waals surface area contributed by atoms with Gasteiger partial charge >= 0.3 is 0 Å². The first-order chi connectivity index (χ1) is 0. The molecule has 0 aliphatic heterocycles. The van der Waals surface area contributed by atoms with E-state index in [1.54, 1.807) is 0 Å². The van der Waals surface area contributed by atoms with Gasteiger partial charge in [-0.1, -0.05) is 0 Å². The van der Waals surface area contributed by atoms with Gasteiger partial charge in [0.05, 0.1) is 0 Å². The van der Waals surface area contributed by atoms with Crippen LogP contribution in [0.15, 0.2) is 0 Å². The molecule has 0 bridgehead atoms. The van der Waals surface area contributed by atoms with Crippen LogP contribution in [0, 0.1) is 0 Å². The Hall–Kier alpha value is 2.70. The van der Waals surface area contributed by atoms with Crippen molar-refractivity contribution < 1.29 is 70.7 Å². The molecule has 0 N–H and O–H groups in total. The molecule has 0 unspecified atom stereocenters. The van der Waals surface area contributed by atoms with Crippen LogP contribution in [0.1, 0.15) is 0 Å². The smallest absolute Gasteiger partial charge is 0 e. The second-order valence-electron chi connectivity index (χ2n) is 0. The van der Waals surface area contributed by atoms with Crippen LogP contribution in [0.4, 0.5) is 0 Å². The predicted octanol–water partition coefficient (Wildman–Crippen LogP) is -0.391. The summed E-state index contributed by atoms with van der Waals surface area (Å²) < 4.78 is 0. The number of hydrogen-bond donors (Lipinski definition) is 0. The Balaban J connectivity index is 0. The fraction of sp³-hybridized carbons (Fsp3) is 0. The minimum atomic E-state index is 0. The van der Waals surface area contributed by atoms with Gasteiger partial charge in [0, 0.05) is 87.8 Å². The summed E-state index contributed by atoms with van der Waals surface area (Å²) in [6, 6.07) is 0. The van der Waals surface area contributed by atoms with Gasteiger partial charge in [0.1, 0.15) is 0 Å². The van der Waals surface area contributed by atoms with Gasteiger partial charge in [-0.2, -0.15) is 0 Å². The van der Waals surface area contributed by atoms with Gasteiger partial charge in [0.2, 0.25) is 0 Å². The van der Waals surface area contributed by atoms with E-state index in [9.17, 15) is 0 Å². The normalized spacial score (nSPS) is 0. The molecule has 0 saturated heterocycles. The van der Waals surface area contributed by atoms with Gasteiger partial charge in [-0.3, -0.25) is 0 Å². The van der Waals surface area contributed by atoms with Crippen LogP contribution in [0.3, 0.4) is 0 Å². The van der Waals surface area contributed by atoms with Crippen LogP contribution in [0.5, 0.6) is 0 Å². The molecule has 0 saturated carbocycles. The van der Waals surface area contributed by atoms with E-state index in [1.807, 2.05) is 0 Å². The molecule has 0 nitrogen and oxygen atoms in total. The Morgan fingerprint density at radius 2 is 1.00 bits per heavy atom. The zero-order valence-corrected chi connectivity index (χ0v) is 10.1. The van der Waals surface area contributed by atoms with Gasteiger partial charge in [-0.25, -0.2) is 0 Å². The molecule has 5 heteroatoms. The van der Waals surface area contributed by atoms with Gasteiger partial charge < -0.3 is 0 Å². The van der Waals surface area contributed by atoms with Crippen molar-refractivity contribution in [3.63, 3.8) is 0 Å².